The van der Waals surface area contributed by atoms with E-state index in [-0.39, 0.29) is 0 Å². The summed E-state index contributed by atoms with van der Waals surface area (Å²) in [6.45, 7) is 5.71. The minimum absolute atomic E-state index is 0.702. The zero-order valence-electron chi connectivity index (χ0n) is 21.5. The van der Waals surface area contributed by atoms with Gasteiger partial charge in [-0.3, -0.25) is 4.90 Å². The first-order chi connectivity index (χ1) is 17.4. The molecule has 1 atom stereocenters. The molecule has 0 spiro atoms. The number of carbonyl (C=O) groups is 2. The van der Waals surface area contributed by atoms with Crippen LogP contribution in [-0.4, -0.2) is 71.3 Å². The predicted molar refractivity (Wildman–Crippen MR) is 141 cm³/mol. The Labute approximate surface area is 214 Å². The minimum Gasteiger partial charge on any atom is -0.494 e. The van der Waals surface area contributed by atoms with Crippen LogP contribution in [-0.2, 0) is 22.6 Å². The molecule has 7 nitrogen and oxygen atoms in total. The first kappa shape index (κ1) is 26.4. The lowest BCUT2D eigenvalue weighted by molar-refractivity contribution is -0.159. The highest BCUT2D eigenvalue weighted by atomic mass is 16.5. The first-order valence-electron chi connectivity index (χ1n) is 13.5. The monoisotopic (exact) mass is 496 g/mol. The second-order valence-electron chi connectivity index (χ2n) is 10.6. The average molecular weight is 497 g/mol. The number of likely N-dealkylation sites (tertiary alicyclic amines) is 1. The molecule has 1 unspecified atom stereocenters. The number of fused-ring (bicyclic) bond motifs is 3. The van der Waals surface area contributed by atoms with Gasteiger partial charge in [0, 0.05) is 25.7 Å². The molecular formula is C29H40N2O5. The van der Waals surface area contributed by atoms with E-state index in [0.29, 0.717) is 6.04 Å². The number of ether oxygens (including phenoxy) is 1. The van der Waals surface area contributed by atoms with Gasteiger partial charge < -0.3 is 19.8 Å². The molecule has 1 aliphatic carbocycles. The maximum atomic E-state index is 9.10. The van der Waals surface area contributed by atoms with E-state index in [0.717, 1.165) is 31.2 Å². The van der Waals surface area contributed by atoms with Gasteiger partial charge in [-0.15, -0.1) is 0 Å². The van der Waals surface area contributed by atoms with E-state index < -0.39 is 11.9 Å². The molecule has 0 radical (unpaired) electrons. The van der Waals surface area contributed by atoms with Crippen LogP contribution in [0.3, 0.4) is 0 Å². The van der Waals surface area contributed by atoms with Gasteiger partial charge in [0.1, 0.15) is 5.75 Å². The molecule has 0 amide bonds. The SMILES string of the molecule is CN1CCCC1CCOc1ccc2c3c(ccc2c1)CCN(CC1CCCCC1)C3.O=C(O)C(=O)O. The normalized spacial score (nSPS) is 21.0. The second-order valence-corrected chi connectivity index (χ2v) is 10.6. The van der Waals surface area contributed by atoms with Crippen molar-refractivity contribution in [2.45, 2.75) is 70.4 Å². The second kappa shape index (κ2) is 12.5. The number of nitrogens with zero attached hydrogens (tertiary/aromatic N) is 2. The maximum Gasteiger partial charge on any atom is 0.414 e. The predicted octanol–water partition coefficient (Wildman–Crippen LogP) is 4.80. The van der Waals surface area contributed by atoms with Crippen LogP contribution in [0.1, 0.15) is 62.5 Å². The highest BCUT2D eigenvalue weighted by molar-refractivity contribution is 6.27. The Morgan fingerprint density at radius 3 is 2.44 bits per heavy atom. The number of carboxylic acids is 2. The zero-order chi connectivity index (χ0) is 25.5. The quantitative estimate of drug-likeness (QED) is 0.556. The van der Waals surface area contributed by atoms with E-state index in [1.54, 1.807) is 11.1 Å². The van der Waals surface area contributed by atoms with E-state index in [2.05, 4.69) is 47.2 Å². The van der Waals surface area contributed by atoms with Crippen LogP contribution in [0.15, 0.2) is 30.3 Å². The van der Waals surface area contributed by atoms with E-state index in [9.17, 15) is 0 Å². The Kier molecular flexibility index (Phi) is 9.21. The fourth-order valence-electron chi connectivity index (χ4n) is 6.06. The van der Waals surface area contributed by atoms with Crippen molar-refractivity contribution in [3.05, 3.63) is 41.5 Å². The third-order valence-corrected chi connectivity index (χ3v) is 8.09. The number of hydrogen-bond donors (Lipinski definition) is 2. The third kappa shape index (κ3) is 6.98. The van der Waals surface area contributed by atoms with Gasteiger partial charge >= 0.3 is 11.9 Å². The summed E-state index contributed by atoms with van der Waals surface area (Å²) in [4.78, 5) is 23.4. The van der Waals surface area contributed by atoms with Crippen molar-refractivity contribution >= 4 is 22.7 Å². The van der Waals surface area contributed by atoms with Crippen molar-refractivity contribution in [1.82, 2.24) is 9.80 Å². The molecule has 36 heavy (non-hydrogen) atoms. The van der Waals surface area contributed by atoms with Crippen LogP contribution in [0, 0.1) is 5.92 Å². The van der Waals surface area contributed by atoms with Crippen LogP contribution >= 0.6 is 0 Å². The summed E-state index contributed by atoms with van der Waals surface area (Å²) in [5.74, 6) is -1.70. The average Bonchev–Trinajstić information content (AvgIpc) is 3.29. The molecule has 1 saturated heterocycles. The van der Waals surface area contributed by atoms with Gasteiger partial charge in [0.2, 0.25) is 0 Å². The maximum absolute atomic E-state index is 9.10. The number of rotatable bonds is 6. The fraction of sp³-hybridized carbons (Fsp3) is 0.586. The molecule has 2 aliphatic heterocycles. The summed E-state index contributed by atoms with van der Waals surface area (Å²) < 4.78 is 6.15. The minimum atomic E-state index is -1.82. The Hall–Kier alpha value is -2.64. The van der Waals surface area contributed by atoms with Crippen molar-refractivity contribution < 1.29 is 24.5 Å². The van der Waals surface area contributed by atoms with Gasteiger partial charge in [0.15, 0.2) is 0 Å². The molecule has 0 aromatic heterocycles. The summed E-state index contributed by atoms with van der Waals surface area (Å²) >= 11 is 0. The summed E-state index contributed by atoms with van der Waals surface area (Å²) in [5.41, 5.74) is 3.12. The van der Waals surface area contributed by atoms with Crippen LogP contribution in [0.5, 0.6) is 5.75 Å². The van der Waals surface area contributed by atoms with Crippen LogP contribution in [0.25, 0.3) is 10.8 Å². The highest BCUT2D eigenvalue weighted by Crippen LogP contribution is 2.32. The largest absolute Gasteiger partial charge is 0.494 e. The van der Waals surface area contributed by atoms with Crippen molar-refractivity contribution in [1.29, 1.82) is 0 Å². The van der Waals surface area contributed by atoms with E-state index in [1.807, 2.05) is 0 Å². The first-order valence-corrected chi connectivity index (χ1v) is 13.5. The molecule has 0 bridgehead atoms. The zero-order valence-corrected chi connectivity index (χ0v) is 21.5. The summed E-state index contributed by atoms with van der Waals surface area (Å²) in [6.07, 6.45) is 12.2. The lowest BCUT2D eigenvalue weighted by Gasteiger charge is -2.34. The molecule has 2 aromatic carbocycles. The van der Waals surface area contributed by atoms with Gasteiger partial charge in [-0.05, 0) is 92.1 Å². The molecule has 7 heteroatoms. The Balaban J connectivity index is 0.000000455. The van der Waals surface area contributed by atoms with Crippen molar-refractivity contribution in [2.75, 3.05) is 33.3 Å². The molecule has 1 saturated carbocycles. The molecule has 196 valence electrons. The van der Waals surface area contributed by atoms with E-state index in [1.165, 1.54) is 81.8 Å². The number of aliphatic carboxylic acids is 2. The van der Waals surface area contributed by atoms with Crippen molar-refractivity contribution in [3.63, 3.8) is 0 Å². The molecule has 2 fully saturated rings. The fourth-order valence-corrected chi connectivity index (χ4v) is 6.06. The van der Waals surface area contributed by atoms with E-state index in [4.69, 9.17) is 24.5 Å². The smallest absolute Gasteiger partial charge is 0.414 e. The summed E-state index contributed by atoms with van der Waals surface area (Å²) in [6, 6.07) is 12.1. The number of benzene rings is 2. The lowest BCUT2D eigenvalue weighted by atomic mass is 9.87. The Bertz CT molecular complexity index is 1040. The van der Waals surface area contributed by atoms with Gasteiger partial charge in [0.05, 0.1) is 6.61 Å². The Morgan fingerprint density at radius 2 is 1.75 bits per heavy atom. The standard InChI is InChI=1S/C27H38N2O.C2H2O4/c1-28-15-5-8-24(28)14-17-30-25-11-12-26-23(18-25)10-9-22-13-16-29(20-27(22)26)19-21-6-3-2-4-7-21;3-1(4)2(5)6/h9-12,18,21,24H,2-8,13-17,19-20H2,1H3;(H,3,4)(H,5,6). The van der Waals surface area contributed by atoms with Gasteiger partial charge in [-0.1, -0.05) is 37.5 Å². The van der Waals surface area contributed by atoms with Crippen LogP contribution < -0.4 is 4.74 Å². The van der Waals surface area contributed by atoms with Gasteiger partial charge in [0.25, 0.3) is 0 Å². The van der Waals surface area contributed by atoms with Crippen molar-refractivity contribution in [2.24, 2.45) is 5.92 Å². The lowest BCUT2D eigenvalue weighted by Crippen LogP contribution is -2.35. The van der Waals surface area contributed by atoms with Crippen LogP contribution in [0.2, 0.25) is 0 Å². The third-order valence-electron chi connectivity index (χ3n) is 8.09. The Morgan fingerprint density at radius 1 is 0.972 bits per heavy atom. The molecular weight excluding hydrogens is 456 g/mol. The van der Waals surface area contributed by atoms with Crippen molar-refractivity contribution in [3.8, 4) is 5.75 Å². The summed E-state index contributed by atoms with van der Waals surface area (Å²) in [7, 11) is 2.24. The highest BCUT2D eigenvalue weighted by Gasteiger charge is 2.23. The number of carboxylic acid groups (broad SMARTS) is 2. The van der Waals surface area contributed by atoms with Gasteiger partial charge in [-0.2, -0.15) is 0 Å². The number of hydrogen-bond acceptors (Lipinski definition) is 5. The molecule has 3 aliphatic rings. The summed E-state index contributed by atoms with van der Waals surface area (Å²) in [5, 5.41) is 17.6. The van der Waals surface area contributed by atoms with Crippen LogP contribution in [0.4, 0.5) is 0 Å². The van der Waals surface area contributed by atoms with E-state index >= 15 is 0 Å². The topological polar surface area (TPSA) is 90.3 Å². The molecule has 5 rings (SSSR count). The molecule has 2 aromatic rings. The van der Waals surface area contributed by atoms with Gasteiger partial charge in [-0.25, -0.2) is 9.59 Å². The molecule has 2 heterocycles. The molecule has 2 N–H and O–H groups in total.